The lowest BCUT2D eigenvalue weighted by Gasteiger charge is -2.12. The molecule has 2 heteroatoms. The average Bonchev–Trinajstić information content (AvgIpc) is 2.51. The second-order valence-corrected chi connectivity index (χ2v) is 5.61. The van der Waals surface area contributed by atoms with Gasteiger partial charge in [0.1, 0.15) is 12.4 Å². The number of hydrogen-bond acceptors (Lipinski definition) is 2. The third-order valence-electron chi connectivity index (χ3n) is 3.68. The zero-order valence-electron chi connectivity index (χ0n) is 13.2. The first kappa shape index (κ1) is 15.6. The molecule has 2 rings (SSSR count). The van der Waals surface area contributed by atoms with Gasteiger partial charge in [-0.25, -0.2) is 0 Å². The van der Waals surface area contributed by atoms with Gasteiger partial charge >= 0.3 is 0 Å². The first-order chi connectivity index (χ1) is 10.2. The van der Waals surface area contributed by atoms with Gasteiger partial charge in [0.15, 0.2) is 0 Å². The largest absolute Gasteiger partial charge is 0.489 e. The van der Waals surface area contributed by atoms with Crippen molar-refractivity contribution in [3.63, 3.8) is 0 Å². The van der Waals surface area contributed by atoms with Gasteiger partial charge in [-0.15, -0.1) is 0 Å². The molecule has 0 saturated heterocycles. The lowest BCUT2D eigenvalue weighted by Crippen LogP contribution is -2.24. The fourth-order valence-corrected chi connectivity index (χ4v) is 2.11. The summed E-state index contributed by atoms with van der Waals surface area (Å²) < 4.78 is 5.83. The number of ether oxygens (including phenoxy) is 1. The molecule has 1 atom stereocenters. The molecule has 0 aromatic heterocycles. The molecular formula is C19H25NO. The molecule has 2 nitrogen and oxygen atoms in total. The molecule has 0 aliphatic carbocycles. The molecule has 0 unspecified atom stereocenters. The maximum atomic E-state index is 5.83. The van der Waals surface area contributed by atoms with Crippen LogP contribution in [0.2, 0.25) is 0 Å². The molecule has 0 heterocycles. The number of nitrogens with one attached hydrogen (secondary N) is 1. The van der Waals surface area contributed by atoms with Crippen molar-refractivity contribution >= 4 is 0 Å². The van der Waals surface area contributed by atoms with Gasteiger partial charge < -0.3 is 10.1 Å². The highest BCUT2D eigenvalue weighted by atomic mass is 16.5. The predicted octanol–water partition coefficient (Wildman–Crippen LogP) is 4.46. The van der Waals surface area contributed by atoms with Crippen LogP contribution in [0.1, 0.15) is 37.0 Å². The van der Waals surface area contributed by atoms with Gasteiger partial charge in [-0.1, -0.05) is 48.9 Å². The molecule has 0 spiro atoms. The molecule has 1 N–H and O–H groups in total. The summed E-state index contributed by atoms with van der Waals surface area (Å²) in [6, 6.07) is 17.3. The van der Waals surface area contributed by atoms with Crippen molar-refractivity contribution in [1.29, 1.82) is 0 Å². The van der Waals surface area contributed by atoms with Crippen molar-refractivity contribution < 1.29 is 4.74 Å². The van der Waals surface area contributed by atoms with E-state index >= 15 is 0 Å². The zero-order valence-corrected chi connectivity index (χ0v) is 13.2. The molecule has 0 aliphatic rings. The van der Waals surface area contributed by atoms with Gasteiger partial charge in [0, 0.05) is 12.6 Å². The number of hydrogen-bond donors (Lipinski definition) is 1. The molecule has 0 amide bonds. The summed E-state index contributed by atoms with van der Waals surface area (Å²) in [6.07, 6.45) is 1.15. The van der Waals surface area contributed by atoms with E-state index in [1.54, 1.807) is 0 Å². The van der Waals surface area contributed by atoms with E-state index in [0.717, 1.165) is 18.7 Å². The van der Waals surface area contributed by atoms with E-state index in [1.807, 2.05) is 12.1 Å². The smallest absolute Gasteiger partial charge is 0.119 e. The van der Waals surface area contributed by atoms with Gasteiger partial charge in [-0.2, -0.15) is 0 Å². The third-order valence-corrected chi connectivity index (χ3v) is 3.68. The minimum Gasteiger partial charge on any atom is -0.489 e. The molecule has 2 aromatic rings. The monoisotopic (exact) mass is 283 g/mol. The molecule has 0 radical (unpaired) electrons. The minimum absolute atomic E-state index is 0.558. The van der Waals surface area contributed by atoms with Crippen molar-refractivity contribution in [3.8, 4) is 5.75 Å². The highest BCUT2D eigenvalue weighted by Crippen LogP contribution is 2.15. The Hall–Kier alpha value is -1.80. The summed E-state index contributed by atoms with van der Waals surface area (Å²) >= 11 is 0. The zero-order chi connectivity index (χ0) is 15.1. The minimum atomic E-state index is 0.558. The summed E-state index contributed by atoms with van der Waals surface area (Å²) in [5.74, 6) is 0.920. The fraction of sp³-hybridized carbons (Fsp3) is 0.368. The van der Waals surface area contributed by atoms with Crippen LogP contribution in [0.5, 0.6) is 5.75 Å². The SMILES string of the molecule is CC[C@@H](C)NCc1ccc(OCc2cccc(C)c2)cc1. The van der Waals surface area contributed by atoms with Crippen LogP contribution in [0.4, 0.5) is 0 Å². The molecule has 0 aliphatic heterocycles. The van der Waals surface area contributed by atoms with E-state index in [-0.39, 0.29) is 0 Å². The molecule has 0 bridgehead atoms. The Morgan fingerprint density at radius 1 is 1.05 bits per heavy atom. The molecular weight excluding hydrogens is 258 g/mol. The van der Waals surface area contributed by atoms with E-state index in [0.29, 0.717) is 12.6 Å². The number of rotatable bonds is 7. The van der Waals surface area contributed by atoms with Crippen molar-refractivity contribution in [2.75, 3.05) is 0 Å². The molecule has 21 heavy (non-hydrogen) atoms. The predicted molar refractivity (Wildman–Crippen MR) is 88.5 cm³/mol. The van der Waals surface area contributed by atoms with Crippen molar-refractivity contribution in [2.24, 2.45) is 0 Å². The second-order valence-electron chi connectivity index (χ2n) is 5.61. The second kappa shape index (κ2) is 7.84. The van der Waals surface area contributed by atoms with Crippen LogP contribution in [-0.2, 0) is 13.2 Å². The normalized spacial score (nSPS) is 12.1. The lowest BCUT2D eigenvalue weighted by atomic mass is 10.1. The summed E-state index contributed by atoms with van der Waals surface area (Å²) in [5, 5.41) is 3.49. The quantitative estimate of drug-likeness (QED) is 0.810. The first-order valence-corrected chi connectivity index (χ1v) is 7.68. The highest BCUT2D eigenvalue weighted by molar-refractivity contribution is 5.28. The summed E-state index contributed by atoms with van der Waals surface area (Å²) in [6.45, 7) is 8.03. The third kappa shape index (κ3) is 5.24. The maximum Gasteiger partial charge on any atom is 0.119 e. The average molecular weight is 283 g/mol. The summed E-state index contributed by atoms with van der Waals surface area (Å²) in [4.78, 5) is 0. The van der Waals surface area contributed by atoms with Gasteiger partial charge in [0.05, 0.1) is 0 Å². The number of aryl methyl sites for hydroxylation is 1. The standard InChI is InChI=1S/C19H25NO/c1-4-16(3)20-13-17-8-10-19(11-9-17)21-14-18-7-5-6-15(2)12-18/h5-12,16,20H,4,13-14H2,1-3H3/t16-/m1/s1. The highest BCUT2D eigenvalue weighted by Gasteiger charge is 2.00. The summed E-state index contributed by atoms with van der Waals surface area (Å²) in [5.41, 5.74) is 3.76. The molecule has 0 fully saturated rings. The maximum absolute atomic E-state index is 5.83. The van der Waals surface area contributed by atoms with Crippen LogP contribution in [0.3, 0.4) is 0 Å². The first-order valence-electron chi connectivity index (χ1n) is 7.68. The lowest BCUT2D eigenvalue weighted by molar-refractivity contribution is 0.306. The Balaban J connectivity index is 1.85. The van der Waals surface area contributed by atoms with Crippen LogP contribution in [0.25, 0.3) is 0 Å². The van der Waals surface area contributed by atoms with E-state index in [9.17, 15) is 0 Å². The van der Waals surface area contributed by atoms with Gasteiger partial charge in [0.25, 0.3) is 0 Å². The molecule has 0 saturated carbocycles. The Kier molecular flexibility index (Phi) is 5.82. The molecule has 2 aromatic carbocycles. The molecule has 112 valence electrons. The van der Waals surface area contributed by atoms with E-state index in [4.69, 9.17) is 4.74 Å². The fourth-order valence-electron chi connectivity index (χ4n) is 2.11. The van der Waals surface area contributed by atoms with Gasteiger partial charge in [-0.3, -0.25) is 0 Å². The van der Waals surface area contributed by atoms with Gasteiger partial charge in [-0.05, 0) is 43.5 Å². The Labute approximate surface area is 128 Å². The van der Waals surface area contributed by atoms with Crippen molar-refractivity contribution in [3.05, 3.63) is 65.2 Å². The van der Waals surface area contributed by atoms with Crippen LogP contribution in [-0.4, -0.2) is 6.04 Å². The topological polar surface area (TPSA) is 21.3 Å². The Morgan fingerprint density at radius 2 is 1.81 bits per heavy atom. The van der Waals surface area contributed by atoms with Crippen LogP contribution >= 0.6 is 0 Å². The van der Waals surface area contributed by atoms with E-state index < -0.39 is 0 Å². The Morgan fingerprint density at radius 3 is 2.48 bits per heavy atom. The van der Waals surface area contributed by atoms with Crippen LogP contribution < -0.4 is 10.1 Å². The van der Waals surface area contributed by atoms with Gasteiger partial charge in [0.2, 0.25) is 0 Å². The summed E-state index contributed by atoms with van der Waals surface area (Å²) in [7, 11) is 0. The van der Waals surface area contributed by atoms with E-state index in [2.05, 4.69) is 62.5 Å². The Bertz CT molecular complexity index is 548. The number of benzene rings is 2. The van der Waals surface area contributed by atoms with Crippen molar-refractivity contribution in [2.45, 2.75) is 46.4 Å². The van der Waals surface area contributed by atoms with E-state index in [1.165, 1.54) is 16.7 Å². The van der Waals surface area contributed by atoms with Crippen molar-refractivity contribution in [1.82, 2.24) is 5.32 Å². The van der Waals surface area contributed by atoms with Crippen LogP contribution in [0, 0.1) is 6.92 Å². The van der Waals surface area contributed by atoms with Crippen LogP contribution in [0.15, 0.2) is 48.5 Å².